The van der Waals surface area contributed by atoms with Crippen LogP contribution in [-0.4, -0.2) is 80.7 Å². The lowest BCUT2D eigenvalue weighted by Gasteiger charge is -2.30. The molecule has 14 heteroatoms. The second kappa shape index (κ2) is 16.7. The van der Waals surface area contributed by atoms with E-state index in [4.69, 9.17) is 14.2 Å². The first-order valence-electron chi connectivity index (χ1n) is 15.0. The van der Waals surface area contributed by atoms with E-state index in [0.29, 0.717) is 24.9 Å². The molecule has 0 saturated carbocycles. The minimum Gasteiger partial charge on any atom is -0.453 e. The number of hydrogen-bond acceptors (Lipinski definition) is 8. The number of morpholine rings is 1. The summed E-state index contributed by atoms with van der Waals surface area (Å²) in [7, 11) is 1.21. The summed E-state index contributed by atoms with van der Waals surface area (Å²) in [5, 5.41) is 7.49. The van der Waals surface area contributed by atoms with Crippen LogP contribution in [0, 0.1) is 0 Å². The minimum atomic E-state index is -4.54. The molecule has 1 fully saturated rings. The zero-order valence-electron chi connectivity index (χ0n) is 25.7. The number of aromatic nitrogens is 1. The Labute approximate surface area is 269 Å². The van der Waals surface area contributed by atoms with Gasteiger partial charge in [-0.15, -0.1) is 0 Å². The molecular weight excluding hydrogens is 621 g/mol. The van der Waals surface area contributed by atoms with Gasteiger partial charge in [-0.25, -0.2) is 9.59 Å². The number of nitrogens with one attached hydrogen (secondary N) is 4. The van der Waals surface area contributed by atoms with E-state index < -0.39 is 48.5 Å². The van der Waals surface area contributed by atoms with Gasteiger partial charge in [-0.2, -0.15) is 13.2 Å². The lowest BCUT2D eigenvalue weighted by molar-refractivity contribution is -0.124. The third-order valence-corrected chi connectivity index (χ3v) is 7.72. The van der Waals surface area contributed by atoms with Gasteiger partial charge in [-0.05, 0) is 35.6 Å². The van der Waals surface area contributed by atoms with Crippen molar-refractivity contribution in [3.8, 4) is 0 Å². The first kappa shape index (κ1) is 35.2. The topological polar surface area (TPSA) is 148 Å². The number of alkyl halides is 3. The van der Waals surface area contributed by atoms with Gasteiger partial charge in [0.05, 0.1) is 25.9 Å². The highest BCUT2D eigenvalue weighted by atomic mass is 19.4. The number of carbonyl (C=O) groups excluding carboxylic acids is 3. The third-order valence-electron chi connectivity index (χ3n) is 7.72. The first-order valence-corrected chi connectivity index (χ1v) is 15.0. The molecule has 47 heavy (non-hydrogen) atoms. The Balaban J connectivity index is 1.42. The van der Waals surface area contributed by atoms with Gasteiger partial charge in [0.25, 0.3) is 5.56 Å². The van der Waals surface area contributed by atoms with Gasteiger partial charge in [0.1, 0.15) is 19.2 Å². The van der Waals surface area contributed by atoms with Crippen molar-refractivity contribution in [1.29, 1.82) is 0 Å². The van der Waals surface area contributed by atoms with Gasteiger partial charge in [0.15, 0.2) is 5.78 Å². The number of amides is 2. The summed E-state index contributed by atoms with van der Waals surface area (Å²) in [6, 6.07) is 18.8. The predicted octanol–water partition coefficient (Wildman–Crippen LogP) is 3.62. The molecule has 2 heterocycles. The van der Waals surface area contributed by atoms with E-state index in [1.165, 1.54) is 13.3 Å². The molecule has 1 aromatic heterocycles. The average Bonchev–Trinajstić information content (AvgIpc) is 3.07. The van der Waals surface area contributed by atoms with E-state index in [1.54, 1.807) is 11.4 Å². The van der Waals surface area contributed by atoms with Crippen LogP contribution in [0.15, 0.2) is 77.7 Å². The van der Waals surface area contributed by atoms with E-state index in [2.05, 4.69) is 15.6 Å². The highest BCUT2D eigenvalue weighted by molar-refractivity contribution is 5.90. The van der Waals surface area contributed by atoms with Crippen molar-refractivity contribution < 1.29 is 41.8 Å². The number of halogens is 3. The Hall–Kier alpha value is -4.69. The molecular formula is C33H37F3N4O7. The number of benzene rings is 2. The second-order valence-electron chi connectivity index (χ2n) is 11.0. The molecule has 0 unspecified atom stereocenters. The van der Waals surface area contributed by atoms with Gasteiger partial charge < -0.3 is 35.1 Å². The van der Waals surface area contributed by atoms with Gasteiger partial charge in [-0.3, -0.25) is 9.59 Å². The Morgan fingerprint density at radius 2 is 1.66 bits per heavy atom. The molecule has 0 radical (unpaired) electrons. The molecule has 0 bridgehead atoms. The summed E-state index contributed by atoms with van der Waals surface area (Å²) >= 11 is 0. The monoisotopic (exact) mass is 658 g/mol. The average molecular weight is 659 g/mol. The Bertz CT molecular complexity index is 1490. The van der Waals surface area contributed by atoms with Crippen molar-refractivity contribution in [2.75, 3.05) is 33.4 Å². The Morgan fingerprint density at radius 3 is 2.23 bits per heavy atom. The van der Waals surface area contributed by atoms with Crippen molar-refractivity contribution in [2.45, 2.75) is 49.5 Å². The van der Waals surface area contributed by atoms with Crippen LogP contribution in [0.1, 0.15) is 34.6 Å². The molecule has 1 saturated heterocycles. The van der Waals surface area contributed by atoms with E-state index >= 15 is 0 Å². The SMILES string of the molecule is COC(=O)N[C@H](C(=O)Cc1c(CC[C@@H]2CN[C@H](COC(=O)NCC(F)(F)F)CO2)cc[nH]c1=O)C(c1ccccc1)c1ccccc1. The summed E-state index contributed by atoms with van der Waals surface area (Å²) in [4.78, 5) is 53.7. The fraction of sp³-hybridized carbons (Fsp3) is 0.394. The first-order chi connectivity index (χ1) is 22.5. The number of pyridine rings is 1. The number of ketones is 1. The third kappa shape index (κ3) is 10.7. The maximum Gasteiger partial charge on any atom is 0.407 e. The van der Waals surface area contributed by atoms with Crippen LogP contribution in [0.5, 0.6) is 0 Å². The lowest BCUT2D eigenvalue weighted by Crippen LogP contribution is -2.49. The van der Waals surface area contributed by atoms with Crippen LogP contribution in [0.25, 0.3) is 0 Å². The summed E-state index contributed by atoms with van der Waals surface area (Å²) in [6.45, 7) is -1.14. The zero-order valence-corrected chi connectivity index (χ0v) is 25.7. The standard InChI is InChI=1S/C33H37F3N4O7/c1-45-32(44)40-29(28(22-8-4-2-5-9-22)23-10-6-3-7-11-23)27(41)16-26-21(14-15-37-30(26)42)12-13-25-17-38-24(18-46-25)19-47-31(43)39-20-33(34,35)36/h2-11,14-15,24-25,28-29,38H,12-13,16-20H2,1H3,(H,37,42)(H,39,43)(H,40,44)/t24-,25+,29+/m0/s1. The molecule has 1 aliphatic rings. The molecule has 2 aromatic carbocycles. The molecule has 11 nitrogen and oxygen atoms in total. The smallest absolute Gasteiger partial charge is 0.407 e. The fourth-order valence-corrected chi connectivity index (χ4v) is 5.37. The quantitative estimate of drug-likeness (QED) is 0.218. The number of carbonyl (C=O) groups is 3. The zero-order chi connectivity index (χ0) is 33.8. The van der Waals surface area contributed by atoms with Crippen LogP contribution in [0.3, 0.4) is 0 Å². The van der Waals surface area contributed by atoms with Crippen LogP contribution >= 0.6 is 0 Å². The molecule has 3 atom stereocenters. The van der Waals surface area contributed by atoms with Crippen LogP contribution < -0.4 is 21.5 Å². The predicted molar refractivity (Wildman–Crippen MR) is 165 cm³/mol. The second-order valence-corrected chi connectivity index (χ2v) is 11.0. The number of alkyl carbamates (subject to hydrolysis) is 2. The minimum absolute atomic E-state index is 0.152. The Kier molecular flexibility index (Phi) is 12.5. The van der Waals surface area contributed by atoms with E-state index in [0.717, 1.165) is 11.1 Å². The van der Waals surface area contributed by atoms with Gasteiger partial charge in [-0.1, -0.05) is 60.7 Å². The van der Waals surface area contributed by atoms with Crippen LogP contribution in [0.4, 0.5) is 22.8 Å². The molecule has 4 N–H and O–H groups in total. The van der Waals surface area contributed by atoms with E-state index in [-0.39, 0.29) is 37.1 Å². The highest BCUT2D eigenvalue weighted by Crippen LogP contribution is 2.29. The number of Topliss-reactive ketones (excluding diaryl/α,β-unsaturated/α-hetero) is 1. The number of hydrogen-bond donors (Lipinski definition) is 4. The maximum absolute atomic E-state index is 14.0. The number of H-pyrrole nitrogens is 1. The van der Waals surface area contributed by atoms with E-state index in [9.17, 15) is 32.3 Å². The van der Waals surface area contributed by atoms with Gasteiger partial charge in [0, 0.05) is 30.6 Å². The summed E-state index contributed by atoms with van der Waals surface area (Å²) in [5.41, 5.74) is 2.08. The molecule has 0 aliphatic carbocycles. The van der Waals surface area contributed by atoms with Crippen molar-refractivity contribution in [3.05, 3.63) is 106 Å². The van der Waals surface area contributed by atoms with Gasteiger partial charge >= 0.3 is 18.4 Å². The number of aryl methyl sites for hydroxylation is 1. The summed E-state index contributed by atoms with van der Waals surface area (Å²) in [6.07, 6.45) is -4.64. The van der Waals surface area contributed by atoms with Crippen LogP contribution in [-0.2, 0) is 31.8 Å². The molecule has 3 aromatic rings. The lowest BCUT2D eigenvalue weighted by atomic mass is 9.81. The van der Waals surface area contributed by atoms with Crippen molar-refractivity contribution in [3.63, 3.8) is 0 Å². The maximum atomic E-state index is 14.0. The normalized spacial score (nSPS) is 17.0. The summed E-state index contributed by atoms with van der Waals surface area (Å²) in [5.74, 6) is -0.951. The van der Waals surface area contributed by atoms with Crippen LogP contribution in [0.2, 0.25) is 0 Å². The van der Waals surface area contributed by atoms with E-state index in [1.807, 2.05) is 60.7 Å². The molecule has 2 amide bonds. The van der Waals surface area contributed by atoms with Crippen molar-refractivity contribution in [1.82, 2.24) is 20.9 Å². The Morgan fingerprint density at radius 1 is 1.00 bits per heavy atom. The largest absolute Gasteiger partial charge is 0.453 e. The highest BCUT2D eigenvalue weighted by Gasteiger charge is 2.34. The number of methoxy groups -OCH3 is 1. The molecule has 4 rings (SSSR count). The summed E-state index contributed by atoms with van der Waals surface area (Å²) < 4.78 is 52.3. The number of ether oxygens (including phenoxy) is 3. The number of aromatic amines is 1. The molecule has 0 spiro atoms. The van der Waals surface area contributed by atoms with Crippen molar-refractivity contribution >= 4 is 18.0 Å². The molecule has 252 valence electrons. The van der Waals surface area contributed by atoms with Crippen molar-refractivity contribution in [2.24, 2.45) is 0 Å². The fourth-order valence-electron chi connectivity index (χ4n) is 5.37. The number of rotatable bonds is 13. The molecule has 1 aliphatic heterocycles. The van der Waals surface area contributed by atoms with Gasteiger partial charge in [0.2, 0.25) is 0 Å².